The number of phenolic OH excluding ortho intramolecular Hbond substituents is 1. The summed E-state index contributed by atoms with van der Waals surface area (Å²) in [6, 6.07) is 9.77. The van der Waals surface area contributed by atoms with Crippen molar-refractivity contribution in [3.63, 3.8) is 0 Å². The largest absolute Gasteiger partial charge is 0.508 e. The second-order valence-electron chi connectivity index (χ2n) is 8.63. The van der Waals surface area contributed by atoms with Crippen LogP contribution in [0.1, 0.15) is 26.7 Å². The molecular weight excluding hydrogens is 436 g/mol. The molecule has 0 saturated carbocycles. The summed E-state index contributed by atoms with van der Waals surface area (Å²) < 4.78 is 17.9. The van der Waals surface area contributed by atoms with Gasteiger partial charge in [-0.15, -0.1) is 0 Å². The number of anilines is 1. The molecule has 32 heavy (non-hydrogen) atoms. The number of amides is 1. The first-order valence-electron chi connectivity index (χ1n) is 10.5. The summed E-state index contributed by atoms with van der Waals surface area (Å²) >= 11 is 6.05. The predicted molar refractivity (Wildman–Crippen MR) is 120 cm³/mol. The predicted octanol–water partition coefficient (Wildman–Crippen LogP) is 3.40. The van der Waals surface area contributed by atoms with Gasteiger partial charge in [-0.2, -0.15) is 0 Å². The van der Waals surface area contributed by atoms with E-state index in [1.165, 1.54) is 19.1 Å². The normalized spacial score (nSPS) is 18.9. The van der Waals surface area contributed by atoms with Crippen molar-refractivity contribution in [1.82, 2.24) is 4.90 Å². The lowest BCUT2D eigenvalue weighted by molar-refractivity contribution is -0.127. The van der Waals surface area contributed by atoms with Crippen LogP contribution in [0.25, 0.3) is 0 Å². The van der Waals surface area contributed by atoms with Crippen LogP contribution in [0.5, 0.6) is 23.0 Å². The van der Waals surface area contributed by atoms with Crippen molar-refractivity contribution in [1.29, 1.82) is 0 Å². The zero-order valence-corrected chi connectivity index (χ0v) is 18.8. The minimum atomic E-state index is -1.16. The molecule has 0 aromatic heterocycles. The number of likely N-dealkylation sites (tertiary alicyclic amines) is 1. The molecular formula is C23H27ClN2O6. The number of aromatic hydroxyl groups is 1. The molecule has 9 heteroatoms. The van der Waals surface area contributed by atoms with Gasteiger partial charge in [0.15, 0.2) is 11.5 Å². The van der Waals surface area contributed by atoms with Gasteiger partial charge >= 0.3 is 0 Å². The van der Waals surface area contributed by atoms with E-state index in [9.17, 15) is 15.0 Å². The van der Waals surface area contributed by atoms with E-state index in [4.69, 9.17) is 25.8 Å². The second-order valence-corrected chi connectivity index (χ2v) is 9.07. The summed E-state index contributed by atoms with van der Waals surface area (Å²) in [6.45, 7) is 4.82. The number of aliphatic hydroxyl groups is 1. The fourth-order valence-electron chi connectivity index (χ4n) is 4.01. The van der Waals surface area contributed by atoms with Crippen LogP contribution in [0, 0.1) is 0 Å². The molecule has 2 aliphatic rings. The van der Waals surface area contributed by atoms with Crippen molar-refractivity contribution >= 4 is 23.2 Å². The average molecular weight is 463 g/mol. The third kappa shape index (κ3) is 5.20. The van der Waals surface area contributed by atoms with E-state index in [-0.39, 0.29) is 18.3 Å². The molecule has 2 aromatic rings. The number of nitrogens with one attached hydrogen (secondary N) is 1. The first-order valence-corrected chi connectivity index (χ1v) is 10.9. The van der Waals surface area contributed by atoms with Gasteiger partial charge in [-0.1, -0.05) is 11.6 Å². The Labute approximate surface area is 191 Å². The highest BCUT2D eigenvalue weighted by Gasteiger charge is 2.45. The molecule has 172 valence electrons. The summed E-state index contributed by atoms with van der Waals surface area (Å²) in [4.78, 5) is 13.5. The molecule has 1 fully saturated rings. The van der Waals surface area contributed by atoms with E-state index in [0.29, 0.717) is 60.4 Å². The van der Waals surface area contributed by atoms with Gasteiger partial charge in [0.2, 0.25) is 5.91 Å². The number of carbonyl (C=O) groups is 1. The Morgan fingerprint density at radius 3 is 2.66 bits per heavy atom. The first-order chi connectivity index (χ1) is 15.1. The van der Waals surface area contributed by atoms with Crippen molar-refractivity contribution in [2.75, 3.05) is 31.6 Å². The molecule has 1 saturated heterocycles. The number of rotatable bonds is 6. The van der Waals surface area contributed by atoms with Gasteiger partial charge in [0, 0.05) is 56.6 Å². The Hall–Kier alpha value is -2.68. The Morgan fingerprint density at radius 1 is 1.22 bits per heavy atom. The van der Waals surface area contributed by atoms with E-state index in [1.54, 1.807) is 25.1 Å². The molecule has 0 aliphatic carbocycles. The maximum Gasteiger partial charge on any atom is 0.254 e. The highest BCUT2D eigenvalue weighted by Crippen LogP contribution is 2.44. The SMILES string of the molecule is CC(=O)Nc1ccc(O)cc1OC[C@@](C)(O)CN1CCC2(CC1)Oc1ccc(Cl)cc1O2. The van der Waals surface area contributed by atoms with Gasteiger partial charge in [-0.3, -0.25) is 9.69 Å². The smallest absolute Gasteiger partial charge is 0.254 e. The van der Waals surface area contributed by atoms with Gasteiger partial charge in [0.1, 0.15) is 23.7 Å². The summed E-state index contributed by atoms with van der Waals surface area (Å²) in [5, 5.41) is 23.9. The van der Waals surface area contributed by atoms with E-state index in [0.717, 1.165) is 0 Å². The lowest BCUT2D eigenvalue weighted by Gasteiger charge is -2.39. The van der Waals surface area contributed by atoms with Gasteiger partial charge in [0.25, 0.3) is 5.79 Å². The van der Waals surface area contributed by atoms with Crippen molar-refractivity contribution in [2.24, 2.45) is 0 Å². The standard InChI is InChI=1S/C23H27ClN2O6/c1-15(27)25-18-5-4-17(28)12-20(18)30-14-22(2,29)13-26-9-7-23(8-10-26)31-19-6-3-16(24)11-21(19)32-23/h3-6,11-12,28-29H,7-10,13-14H2,1-2H3,(H,25,27)/t22-/m0/s1. The van der Waals surface area contributed by atoms with Gasteiger partial charge in [0.05, 0.1) is 5.69 Å². The number of hydrogen-bond donors (Lipinski definition) is 3. The van der Waals surface area contributed by atoms with Crippen LogP contribution in [0.4, 0.5) is 5.69 Å². The number of halogens is 1. The topological polar surface area (TPSA) is 100 Å². The molecule has 2 aromatic carbocycles. The van der Waals surface area contributed by atoms with Crippen LogP contribution in [0.2, 0.25) is 5.02 Å². The Bertz CT molecular complexity index is 1000. The summed E-state index contributed by atoms with van der Waals surface area (Å²) in [7, 11) is 0. The molecule has 1 atom stereocenters. The Morgan fingerprint density at radius 2 is 1.94 bits per heavy atom. The van der Waals surface area contributed by atoms with Crippen LogP contribution in [-0.2, 0) is 4.79 Å². The molecule has 8 nitrogen and oxygen atoms in total. The van der Waals surface area contributed by atoms with Crippen LogP contribution in [-0.4, -0.2) is 58.6 Å². The zero-order valence-electron chi connectivity index (χ0n) is 18.1. The average Bonchev–Trinajstić information content (AvgIpc) is 3.06. The van der Waals surface area contributed by atoms with E-state index in [2.05, 4.69) is 10.2 Å². The van der Waals surface area contributed by atoms with E-state index < -0.39 is 11.4 Å². The van der Waals surface area contributed by atoms with Crippen molar-refractivity contribution in [2.45, 2.75) is 38.1 Å². The number of β-amino-alcohol motifs (C(OH)–C–C–N with tert-alkyl or cyclic N) is 1. The molecule has 1 amide bonds. The van der Waals surface area contributed by atoms with Crippen LogP contribution in [0.3, 0.4) is 0 Å². The molecule has 2 heterocycles. The minimum Gasteiger partial charge on any atom is -0.508 e. The fourth-order valence-corrected chi connectivity index (χ4v) is 4.17. The number of nitrogens with zero attached hydrogens (tertiary/aromatic N) is 1. The number of hydrogen-bond acceptors (Lipinski definition) is 7. The number of piperidine rings is 1. The molecule has 0 unspecified atom stereocenters. The highest BCUT2D eigenvalue weighted by molar-refractivity contribution is 6.30. The molecule has 0 bridgehead atoms. The lowest BCUT2D eigenvalue weighted by atomic mass is 10.0. The maximum absolute atomic E-state index is 11.4. The van der Waals surface area contributed by atoms with E-state index >= 15 is 0 Å². The highest BCUT2D eigenvalue weighted by atomic mass is 35.5. The van der Waals surface area contributed by atoms with Crippen molar-refractivity contribution in [3.8, 4) is 23.0 Å². The van der Waals surface area contributed by atoms with E-state index in [1.807, 2.05) is 6.07 Å². The van der Waals surface area contributed by atoms with Crippen LogP contribution in [0.15, 0.2) is 36.4 Å². The number of fused-ring (bicyclic) bond motifs is 1. The molecule has 1 spiro atoms. The summed E-state index contributed by atoms with van der Waals surface area (Å²) in [5.41, 5.74) is -0.724. The number of carbonyl (C=O) groups excluding carboxylic acids is 1. The van der Waals surface area contributed by atoms with Gasteiger partial charge in [-0.05, 0) is 31.2 Å². The first kappa shape index (κ1) is 22.5. The number of ether oxygens (including phenoxy) is 3. The molecule has 0 radical (unpaired) electrons. The minimum absolute atomic E-state index is 0.00826. The fraction of sp³-hybridized carbons (Fsp3) is 0.435. The third-order valence-electron chi connectivity index (χ3n) is 5.49. The number of benzene rings is 2. The quantitative estimate of drug-likeness (QED) is 0.565. The molecule has 3 N–H and O–H groups in total. The van der Waals surface area contributed by atoms with Gasteiger partial charge < -0.3 is 29.7 Å². The Kier molecular flexibility index (Phi) is 6.11. The van der Waals surface area contributed by atoms with Crippen molar-refractivity contribution < 1.29 is 29.2 Å². The lowest BCUT2D eigenvalue weighted by Crippen LogP contribution is -2.53. The number of phenols is 1. The second kappa shape index (κ2) is 8.69. The summed E-state index contributed by atoms with van der Waals surface area (Å²) in [5.74, 6) is 0.712. The Balaban J connectivity index is 1.32. The maximum atomic E-state index is 11.4. The third-order valence-corrected chi connectivity index (χ3v) is 5.73. The monoisotopic (exact) mass is 462 g/mol. The van der Waals surface area contributed by atoms with Gasteiger partial charge in [-0.25, -0.2) is 0 Å². The van der Waals surface area contributed by atoms with Crippen molar-refractivity contribution in [3.05, 3.63) is 41.4 Å². The molecule has 2 aliphatic heterocycles. The summed E-state index contributed by atoms with van der Waals surface area (Å²) in [6.07, 6.45) is 1.30. The van der Waals surface area contributed by atoms with Crippen LogP contribution < -0.4 is 19.5 Å². The zero-order chi connectivity index (χ0) is 22.9. The van der Waals surface area contributed by atoms with Crippen LogP contribution >= 0.6 is 11.6 Å². The molecule has 4 rings (SSSR count).